The summed E-state index contributed by atoms with van der Waals surface area (Å²) in [6, 6.07) is 9.48. The van der Waals surface area contributed by atoms with Crippen molar-refractivity contribution in [3.05, 3.63) is 48.5 Å². The van der Waals surface area contributed by atoms with Crippen LogP contribution < -0.4 is 16.4 Å². The van der Waals surface area contributed by atoms with Gasteiger partial charge in [0.05, 0.1) is 6.33 Å². The molecule has 1 fully saturated rings. The van der Waals surface area contributed by atoms with Crippen molar-refractivity contribution in [3.63, 3.8) is 0 Å². The fraction of sp³-hybridized carbons (Fsp3) is 0.455. The monoisotopic (exact) mass is 470 g/mol. The van der Waals surface area contributed by atoms with E-state index in [4.69, 9.17) is 10.5 Å². The maximum absolute atomic E-state index is 11.9. The number of nitrogens with zero attached hydrogens (tertiary/aromatic N) is 5. The number of amides is 2. The SMILES string of the molecule is CN(CCCNC(=O)NCc1ccccc1)C[C@H]1O[C@@H](n2cnc3c(N)ncnc32)[C@H](O)[C@@H]1O. The van der Waals surface area contributed by atoms with E-state index >= 15 is 0 Å². The summed E-state index contributed by atoms with van der Waals surface area (Å²) in [7, 11) is 1.89. The zero-order valence-corrected chi connectivity index (χ0v) is 18.9. The van der Waals surface area contributed by atoms with E-state index in [2.05, 4.69) is 25.6 Å². The highest BCUT2D eigenvalue weighted by Gasteiger charge is 2.44. The molecule has 12 heteroatoms. The van der Waals surface area contributed by atoms with Crippen molar-refractivity contribution in [2.45, 2.75) is 37.5 Å². The number of carbonyl (C=O) groups excluding carboxylic acids is 1. The average molecular weight is 471 g/mol. The second-order valence-corrected chi connectivity index (χ2v) is 8.34. The number of rotatable bonds is 9. The number of hydrogen-bond donors (Lipinski definition) is 5. The Hall–Kier alpha value is -3.32. The van der Waals surface area contributed by atoms with Crippen molar-refractivity contribution in [1.82, 2.24) is 35.1 Å². The molecule has 0 spiro atoms. The van der Waals surface area contributed by atoms with Gasteiger partial charge in [0, 0.05) is 19.6 Å². The first-order chi connectivity index (χ1) is 16.4. The third kappa shape index (κ3) is 5.42. The molecule has 1 saturated heterocycles. The molecular weight excluding hydrogens is 440 g/mol. The number of nitrogens with two attached hydrogens (primary N) is 1. The third-order valence-corrected chi connectivity index (χ3v) is 5.79. The van der Waals surface area contributed by atoms with Crippen molar-refractivity contribution in [3.8, 4) is 0 Å². The molecule has 3 aromatic rings. The molecule has 0 bridgehead atoms. The Labute approximate surface area is 196 Å². The van der Waals surface area contributed by atoms with Gasteiger partial charge in [-0.3, -0.25) is 4.57 Å². The molecule has 1 aromatic carbocycles. The highest BCUT2D eigenvalue weighted by Crippen LogP contribution is 2.32. The Bertz CT molecular complexity index is 1090. The molecule has 4 rings (SSSR count). The molecule has 4 atom stereocenters. The van der Waals surface area contributed by atoms with E-state index in [1.54, 1.807) is 4.57 Å². The molecule has 34 heavy (non-hydrogen) atoms. The summed E-state index contributed by atoms with van der Waals surface area (Å²) in [4.78, 5) is 26.2. The number of urea groups is 1. The molecule has 3 heterocycles. The van der Waals surface area contributed by atoms with Crippen molar-refractivity contribution in [2.24, 2.45) is 0 Å². The van der Waals surface area contributed by atoms with Gasteiger partial charge < -0.3 is 36.2 Å². The molecule has 6 N–H and O–H groups in total. The van der Waals surface area contributed by atoms with Crippen LogP contribution in [0.4, 0.5) is 10.6 Å². The minimum Gasteiger partial charge on any atom is -0.387 e. The first kappa shape index (κ1) is 23.8. The van der Waals surface area contributed by atoms with Crippen LogP contribution >= 0.6 is 0 Å². The molecule has 0 unspecified atom stereocenters. The van der Waals surface area contributed by atoms with E-state index in [0.717, 1.165) is 5.56 Å². The Morgan fingerprint density at radius 2 is 1.97 bits per heavy atom. The Morgan fingerprint density at radius 3 is 2.76 bits per heavy atom. The van der Waals surface area contributed by atoms with Crippen LogP contribution in [0.5, 0.6) is 0 Å². The van der Waals surface area contributed by atoms with Gasteiger partial charge >= 0.3 is 6.03 Å². The number of nitrogens with one attached hydrogen (secondary N) is 2. The standard InChI is InChI=1S/C22H30N8O4/c1-29(9-5-8-24-22(33)25-10-14-6-3-2-4-7-14)11-15-17(31)18(32)21(34-15)30-13-28-16-19(23)26-12-27-20(16)30/h2-4,6-7,12-13,15,17-18,21,31-32H,5,8-11H2,1H3,(H2,23,26,27)(H2,24,25,33)/t15-,17-,18-,21-/m1/s1. The van der Waals surface area contributed by atoms with E-state index in [-0.39, 0.29) is 11.8 Å². The fourth-order valence-corrected chi connectivity index (χ4v) is 3.96. The molecule has 1 aliphatic rings. The maximum atomic E-state index is 11.9. The Morgan fingerprint density at radius 1 is 1.18 bits per heavy atom. The van der Waals surface area contributed by atoms with Gasteiger partial charge in [-0.05, 0) is 25.6 Å². The van der Waals surface area contributed by atoms with Gasteiger partial charge in [0.2, 0.25) is 0 Å². The van der Waals surface area contributed by atoms with E-state index in [0.29, 0.717) is 43.8 Å². The van der Waals surface area contributed by atoms with Gasteiger partial charge in [-0.25, -0.2) is 19.7 Å². The zero-order chi connectivity index (χ0) is 24.1. The highest BCUT2D eigenvalue weighted by atomic mass is 16.6. The number of fused-ring (bicyclic) bond motifs is 1. The number of ether oxygens (including phenoxy) is 1. The molecule has 182 valence electrons. The fourth-order valence-electron chi connectivity index (χ4n) is 3.96. The minimum absolute atomic E-state index is 0.218. The molecule has 0 aliphatic carbocycles. The van der Waals surface area contributed by atoms with Crippen LogP contribution in [0.2, 0.25) is 0 Å². The number of hydrogen-bond acceptors (Lipinski definition) is 9. The molecule has 12 nitrogen and oxygen atoms in total. The number of anilines is 1. The average Bonchev–Trinajstić information content (AvgIpc) is 3.38. The first-order valence-corrected chi connectivity index (χ1v) is 11.1. The van der Waals surface area contributed by atoms with Crippen molar-refractivity contribution in [2.75, 3.05) is 32.4 Å². The van der Waals surface area contributed by atoms with Gasteiger partial charge in [0.25, 0.3) is 0 Å². The second-order valence-electron chi connectivity index (χ2n) is 8.34. The number of carbonyl (C=O) groups is 1. The van der Waals surface area contributed by atoms with Crippen LogP contribution in [0, 0.1) is 0 Å². The van der Waals surface area contributed by atoms with Crippen molar-refractivity contribution >= 4 is 23.0 Å². The molecule has 2 amide bonds. The van der Waals surface area contributed by atoms with Gasteiger partial charge in [-0.2, -0.15) is 0 Å². The summed E-state index contributed by atoms with van der Waals surface area (Å²) in [5, 5.41) is 26.8. The molecular formula is C22H30N8O4. The first-order valence-electron chi connectivity index (χ1n) is 11.1. The number of aliphatic hydroxyl groups excluding tert-OH is 2. The number of nitrogen functional groups attached to an aromatic ring is 1. The van der Waals surface area contributed by atoms with Crippen molar-refractivity contribution in [1.29, 1.82) is 0 Å². The van der Waals surface area contributed by atoms with Crippen molar-refractivity contribution < 1.29 is 19.7 Å². The largest absolute Gasteiger partial charge is 0.387 e. The topological polar surface area (TPSA) is 164 Å². The molecule has 1 aliphatic heterocycles. The highest BCUT2D eigenvalue weighted by molar-refractivity contribution is 5.81. The number of aromatic nitrogens is 4. The van der Waals surface area contributed by atoms with Gasteiger partial charge in [0.15, 0.2) is 17.7 Å². The normalized spacial score (nSPS) is 22.4. The lowest BCUT2D eigenvalue weighted by atomic mass is 10.1. The second kappa shape index (κ2) is 10.7. The smallest absolute Gasteiger partial charge is 0.315 e. The summed E-state index contributed by atoms with van der Waals surface area (Å²) < 4.78 is 7.52. The van der Waals surface area contributed by atoms with Gasteiger partial charge in [-0.1, -0.05) is 30.3 Å². The lowest BCUT2D eigenvalue weighted by Gasteiger charge is -2.22. The van der Waals surface area contributed by atoms with Gasteiger partial charge in [0.1, 0.15) is 30.2 Å². The quantitative estimate of drug-likeness (QED) is 0.268. The van der Waals surface area contributed by atoms with E-state index < -0.39 is 24.5 Å². The Balaban J connectivity index is 1.21. The number of aliphatic hydroxyl groups is 2. The predicted molar refractivity (Wildman–Crippen MR) is 124 cm³/mol. The zero-order valence-electron chi connectivity index (χ0n) is 18.9. The van der Waals surface area contributed by atoms with Crippen LogP contribution in [-0.4, -0.2) is 85.7 Å². The predicted octanol–water partition coefficient (Wildman–Crippen LogP) is -0.151. The lowest BCUT2D eigenvalue weighted by molar-refractivity contribution is -0.0421. The van der Waals surface area contributed by atoms with Crippen LogP contribution in [0.3, 0.4) is 0 Å². The minimum atomic E-state index is -1.15. The van der Waals surface area contributed by atoms with Crippen LogP contribution in [0.15, 0.2) is 43.0 Å². The number of likely N-dealkylation sites (N-methyl/N-ethyl adjacent to an activating group) is 1. The maximum Gasteiger partial charge on any atom is 0.315 e. The van der Waals surface area contributed by atoms with E-state index in [9.17, 15) is 15.0 Å². The van der Waals surface area contributed by atoms with Gasteiger partial charge in [-0.15, -0.1) is 0 Å². The van der Waals surface area contributed by atoms with E-state index in [1.807, 2.05) is 42.3 Å². The summed E-state index contributed by atoms with van der Waals surface area (Å²) in [6.07, 6.45) is -0.183. The summed E-state index contributed by atoms with van der Waals surface area (Å²) in [5.74, 6) is 0.232. The number of imidazole rings is 1. The summed E-state index contributed by atoms with van der Waals surface area (Å²) in [6.45, 7) is 2.05. The van der Waals surface area contributed by atoms with Crippen LogP contribution in [-0.2, 0) is 11.3 Å². The molecule has 0 radical (unpaired) electrons. The molecule has 0 saturated carbocycles. The van der Waals surface area contributed by atoms with Crippen LogP contribution in [0.1, 0.15) is 18.2 Å². The summed E-state index contributed by atoms with van der Waals surface area (Å²) in [5.41, 5.74) is 7.70. The third-order valence-electron chi connectivity index (χ3n) is 5.79. The van der Waals surface area contributed by atoms with Crippen LogP contribution in [0.25, 0.3) is 11.2 Å². The summed E-state index contributed by atoms with van der Waals surface area (Å²) >= 11 is 0. The number of benzene rings is 1. The molecule has 2 aromatic heterocycles. The lowest BCUT2D eigenvalue weighted by Crippen LogP contribution is -2.40. The Kier molecular flexibility index (Phi) is 7.53. The van der Waals surface area contributed by atoms with E-state index in [1.165, 1.54) is 12.7 Å².